The van der Waals surface area contributed by atoms with E-state index in [1.165, 1.54) is 21.6 Å². The van der Waals surface area contributed by atoms with Crippen LogP contribution in [0.5, 0.6) is 5.88 Å². The third kappa shape index (κ3) is 4.02. The number of aryl methyl sites for hydroxylation is 3. The lowest BCUT2D eigenvalue weighted by atomic mass is 9.76. The number of fused-ring (bicyclic) bond motifs is 1. The average Bonchev–Trinajstić information content (AvgIpc) is 3.02. The van der Waals surface area contributed by atoms with E-state index in [4.69, 9.17) is 4.74 Å². The molecule has 6 heteroatoms. The number of ketones is 1. The number of carbonyl (C=O) groups excluding carboxylic acids is 2. The van der Waals surface area contributed by atoms with Crippen molar-refractivity contribution in [3.63, 3.8) is 0 Å². The van der Waals surface area contributed by atoms with Crippen LogP contribution in [-0.4, -0.2) is 27.3 Å². The van der Waals surface area contributed by atoms with Crippen LogP contribution in [0, 0.1) is 26.7 Å². The number of thioether (sulfide) groups is 1. The zero-order chi connectivity index (χ0) is 23.2. The van der Waals surface area contributed by atoms with E-state index in [-0.39, 0.29) is 29.0 Å². The van der Waals surface area contributed by atoms with Gasteiger partial charge in [-0.25, -0.2) is 4.68 Å². The highest BCUT2D eigenvalue weighted by molar-refractivity contribution is 7.99. The Morgan fingerprint density at radius 3 is 2.53 bits per heavy atom. The molecule has 0 radical (unpaired) electrons. The van der Waals surface area contributed by atoms with Crippen molar-refractivity contribution in [2.45, 2.75) is 83.5 Å². The topological polar surface area (TPSA) is 61.2 Å². The molecule has 1 aliphatic heterocycles. The fraction of sp³-hybridized carbons (Fsp3) is 0.577. The molecule has 2 aliphatic rings. The van der Waals surface area contributed by atoms with E-state index in [0.29, 0.717) is 16.8 Å². The van der Waals surface area contributed by atoms with E-state index in [1.54, 1.807) is 7.05 Å². The average molecular weight is 455 g/mol. The summed E-state index contributed by atoms with van der Waals surface area (Å²) in [7, 11) is 1.73. The fourth-order valence-corrected chi connectivity index (χ4v) is 7.01. The number of hydrogen-bond donors (Lipinski definition) is 0. The van der Waals surface area contributed by atoms with Crippen molar-refractivity contribution in [1.82, 2.24) is 9.78 Å². The minimum Gasteiger partial charge on any atom is -0.407 e. The number of hydrogen-bond acceptors (Lipinski definition) is 5. The molecule has 32 heavy (non-hydrogen) atoms. The van der Waals surface area contributed by atoms with E-state index >= 15 is 0 Å². The van der Waals surface area contributed by atoms with Crippen molar-refractivity contribution in [1.29, 1.82) is 0 Å². The van der Waals surface area contributed by atoms with Crippen LogP contribution >= 0.6 is 11.8 Å². The molecule has 2 aromatic rings. The van der Waals surface area contributed by atoms with Crippen LogP contribution in [-0.2, 0) is 17.3 Å². The van der Waals surface area contributed by atoms with Crippen molar-refractivity contribution < 1.29 is 14.3 Å². The lowest BCUT2D eigenvalue weighted by Crippen LogP contribution is -2.26. The Balaban J connectivity index is 1.75. The lowest BCUT2D eigenvalue weighted by Gasteiger charge is -2.35. The Bertz CT molecular complexity index is 1080. The molecular weight excluding hydrogens is 420 g/mol. The minimum absolute atomic E-state index is 0.0198. The zero-order valence-electron chi connectivity index (χ0n) is 20.1. The predicted molar refractivity (Wildman–Crippen MR) is 128 cm³/mol. The molecule has 1 aliphatic carbocycles. The maximum Gasteiger partial charge on any atom is 0.315 e. The summed E-state index contributed by atoms with van der Waals surface area (Å²) in [6.45, 7) is 10.5. The van der Waals surface area contributed by atoms with Gasteiger partial charge in [-0.2, -0.15) is 5.10 Å². The molecule has 1 fully saturated rings. The normalized spacial score (nSPS) is 18.3. The summed E-state index contributed by atoms with van der Waals surface area (Å²) in [5.74, 6) is 0.921. The number of ether oxygens (including phenoxy) is 1. The highest BCUT2D eigenvalue weighted by Crippen LogP contribution is 2.46. The van der Waals surface area contributed by atoms with Gasteiger partial charge in [0.25, 0.3) is 0 Å². The largest absolute Gasteiger partial charge is 0.407 e. The molecule has 0 amide bonds. The third-order valence-electron chi connectivity index (χ3n) is 7.15. The molecule has 172 valence electrons. The summed E-state index contributed by atoms with van der Waals surface area (Å²) in [5.41, 5.74) is 5.14. The summed E-state index contributed by atoms with van der Waals surface area (Å²) < 4.78 is 7.37. The van der Waals surface area contributed by atoms with Crippen molar-refractivity contribution in [2.75, 3.05) is 5.75 Å². The Kier molecular flexibility index (Phi) is 6.27. The molecule has 1 aromatic carbocycles. The number of carbonyl (C=O) groups is 2. The molecular formula is C26H34N2O3S. The number of aromatic nitrogens is 2. The van der Waals surface area contributed by atoms with Gasteiger partial charge in [-0.1, -0.05) is 33.1 Å². The van der Waals surface area contributed by atoms with Gasteiger partial charge in [0.2, 0.25) is 11.7 Å². The highest BCUT2D eigenvalue weighted by atomic mass is 32.2. The van der Waals surface area contributed by atoms with Gasteiger partial charge in [0.15, 0.2) is 0 Å². The summed E-state index contributed by atoms with van der Waals surface area (Å²) in [5, 5.41) is 4.44. The number of nitrogens with zero attached hydrogens (tertiary/aromatic N) is 2. The van der Waals surface area contributed by atoms with Crippen LogP contribution in [0.4, 0.5) is 0 Å². The van der Waals surface area contributed by atoms with Crippen LogP contribution in [0.2, 0.25) is 0 Å². The van der Waals surface area contributed by atoms with Gasteiger partial charge in [0, 0.05) is 17.5 Å². The summed E-state index contributed by atoms with van der Waals surface area (Å²) in [4.78, 5) is 28.0. The lowest BCUT2D eigenvalue weighted by molar-refractivity contribution is -0.140. The third-order valence-corrected chi connectivity index (χ3v) is 8.38. The molecule has 0 unspecified atom stereocenters. The summed E-state index contributed by atoms with van der Waals surface area (Å²) >= 11 is 1.89. The van der Waals surface area contributed by atoms with Crippen molar-refractivity contribution >= 4 is 23.5 Å². The molecule has 0 N–H and O–H groups in total. The first kappa shape index (κ1) is 23.1. The van der Waals surface area contributed by atoms with Gasteiger partial charge in [-0.05, 0) is 74.0 Å². The quantitative estimate of drug-likeness (QED) is 0.429. The van der Waals surface area contributed by atoms with E-state index in [0.717, 1.165) is 49.0 Å². The molecule has 0 atom stereocenters. The number of esters is 1. The Labute approximate surface area is 195 Å². The zero-order valence-corrected chi connectivity index (χ0v) is 20.9. The standard InChI is InChI=1S/C26H34N2O3S/c1-15-14-19(16(2)21-23(15)32-13-12-26(21,4)5)22(29)20-17(3)27-28(6)24(20)31-25(30)18-10-8-7-9-11-18/h14,18H,7-13H2,1-6H3. The molecule has 0 spiro atoms. The van der Waals surface area contributed by atoms with Crippen molar-refractivity contribution in [3.05, 3.63) is 39.6 Å². The second kappa shape index (κ2) is 8.69. The molecule has 5 nitrogen and oxygen atoms in total. The van der Waals surface area contributed by atoms with Gasteiger partial charge in [0.1, 0.15) is 5.56 Å². The number of rotatable bonds is 4. The van der Waals surface area contributed by atoms with Crippen LogP contribution < -0.4 is 4.74 Å². The van der Waals surface area contributed by atoms with E-state index in [2.05, 4.69) is 32.8 Å². The van der Waals surface area contributed by atoms with Crippen LogP contribution in [0.15, 0.2) is 11.0 Å². The summed E-state index contributed by atoms with van der Waals surface area (Å²) in [6.07, 6.45) is 6.07. The number of benzene rings is 1. The molecule has 1 aromatic heterocycles. The molecule has 2 heterocycles. The Hall–Kier alpha value is -2.08. The fourth-order valence-electron chi connectivity index (χ4n) is 5.33. The summed E-state index contributed by atoms with van der Waals surface area (Å²) in [6, 6.07) is 2.00. The first-order valence-electron chi connectivity index (χ1n) is 11.7. The molecule has 4 rings (SSSR count). The van der Waals surface area contributed by atoms with Gasteiger partial charge in [-0.15, -0.1) is 11.8 Å². The van der Waals surface area contributed by atoms with E-state index in [1.807, 2.05) is 24.8 Å². The van der Waals surface area contributed by atoms with E-state index < -0.39 is 0 Å². The second-order valence-corrected chi connectivity index (χ2v) is 11.1. The van der Waals surface area contributed by atoms with Crippen molar-refractivity contribution in [2.24, 2.45) is 13.0 Å². The molecule has 0 bridgehead atoms. The van der Waals surface area contributed by atoms with Gasteiger partial charge in [0.05, 0.1) is 11.6 Å². The second-order valence-electron chi connectivity index (χ2n) is 10.0. The van der Waals surface area contributed by atoms with Gasteiger partial charge in [-0.3, -0.25) is 9.59 Å². The SMILES string of the molecule is Cc1cc(C(=O)c2c(C)nn(C)c2OC(=O)C2CCCCC2)c(C)c2c1SCCC2(C)C. The predicted octanol–water partition coefficient (Wildman–Crippen LogP) is 5.84. The Morgan fingerprint density at radius 2 is 1.84 bits per heavy atom. The maximum atomic E-state index is 13.9. The highest BCUT2D eigenvalue weighted by Gasteiger charge is 2.35. The maximum absolute atomic E-state index is 13.9. The van der Waals surface area contributed by atoms with E-state index in [9.17, 15) is 9.59 Å². The van der Waals surface area contributed by atoms with Crippen LogP contribution in [0.3, 0.4) is 0 Å². The minimum atomic E-state index is -0.238. The van der Waals surface area contributed by atoms with Crippen LogP contribution in [0.25, 0.3) is 0 Å². The van der Waals surface area contributed by atoms with Gasteiger partial charge < -0.3 is 4.74 Å². The molecule has 0 saturated heterocycles. The van der Waals surface area contributed by atoms with Crippen LogP contribution in [0.1, 0.15) is 90.7 Å². The first-order valence-corrected chi connectivity index (χ1v) is 12.7. The van der Waals surface area contributed by atoms with Gasteiger partial charge >= 0.3 is 5.97 Å². The first-order chi connectivity index (χ1) is 15.1. The monoisotopic (exact) mass is 454 g/mol. The smallest absolute Gasteiger partial charge is 0.315 e. The van der Waals surface area contributed by atoms with Crippen molar-refractivity contribution in [3.8, 4) is 5.88 Å². The molecule has 1 saturated carbocycles. The Morgan fingerprint density at radius 1 is 1.16 bits per heavy atom.